The molecule has 0 N–H and O–H groups in total. The van der Waals surface area contributed by atoms with Crippen LogP contribution < -0.4 is 0 Å². The number of para-hydroxylation sites is 2. The van der Waals surface area contributed by atoms with Crippen molar-refractivity contribution in [1.29, 1.82) is 0 Å². The molecular weight excluding hydrogens is 689 g/mol. The van der Waals surface area contributed by atoms with Crippen molar-refractivity contribution in [2.75, 3.05) is 0 Å². The molecule has 0 atom stereocenters. The standard InChI is InChI=1S/C50H34N4O2/c1-32(52-49(36-16-7-3-8-17-36)51-31-33-14-5-2-6-15-33)39-21-13-22-41-40-29-28-38(30-44(40)56-47(39)41)34-24-26-35(27-25-34)45-48-46(42-20-11-12-23-43(42)55-48)54-50(53-45)37-18-9-4-10-19-37/h2-30H,31H2,1H3. The summed E-state index contributed by atoms with van der Waals surface area (Å²) in [6.07, 6.45) is 0. The van der Waals surface area contributed by atoms with Crippen molar-refractivity contribution in [3.8, 4) is 33.8 Å². The molecule has 0 saturated heterocycles. The fraction of sp³-hybridized carbons (Fsp3) is 0.0400. The summed E-state index contributed by atoms with van der Waals surface area (Å²) in [6.45, 7) is 2.56. The van der Waals surface area contributed by atoms with Gasteiger partial charge in [-0.1, -0.05) is 146 Å². The molecule has 0 aliphatic rings. The van der Waals surface area contributed by atoms with Crippen molar-refractivity contribution in [3.63, 3.8) is 0 Å². The van der Waals surface area contributed by atoms with Crippen LogP contribution in [-0.2, 0) is 6.54 Å². The summed E-state index contributed by atoms with van der Waals surface area (Å²) in [4.78, 5) is 20.1. The van der Waals surface area contributed by atoms with Crippen molar-refractivity contribution < 1.29 is 8.83 Å². The Morgan fingerprint density at radius 3 is 1.98 bits per heavy atom. The highest BCUT2D eigenvalue weighted by molar-refractivity contribution is 6.18. The Kier molecular flexibility index (Phi) is 8.34. The number of amidine groups is 1. The van der Waals surface area contributed by atoms with Gasteiger partial charge in [0, 0.05) is 38.4 Å². The zero-order valence-electron chi connectivity index (χ0n) is 30.6. The van der Waals surface area contributed by atoms with Crippen LogP contribution in [-0.4, -0.2) is 21.5 Å². The lowest BCUT2D eigenvalue weighted by molar-refractivity contribution is 0.667. The summed E-state index contributed by atoms with van der Waals surface area (Å²) in [5, 5.41) is 3.07. The first-order valence-electron chi connectivity index (χ1n) is 18.7. The molecule has 0 aliphatic carbocycles. The minimum Gasteiger partial charge on any atom is -0.455 e. The number of aliphatic imine (C=N–C) groups is 2. The summed E-state index contributed by atoms with van der Waals surface area (Å²) in [5.41, 5.74) is 12.5. The van der Waals surface area contributed by atoms with Gasteiger partial charge in [0.2, 0.25) is 0 Å². The Morgan fingerprint density at radius 1 is 0.518 bits per heavy atom. The van der Waals surface area contributed by atoms with Crippen LogP contribution in [0.2, 0.25) is 0 Å². The summed E-state index contributed by atoms with van der Waals surface area (Å²) >= 11 is 0. The molecule has 266 valence electrons. The first-order valence-corrected chi connectivity index (χ1v) is 18.7. The third kappa shape index (κ3) is 6.13. The third-order valence-electron chi connectivity index (χ3n) is 10.2. The van der Waals surface area contributed by atoms with Gasteiger partial charge in [0.05, 0.1) is 12.3 Å². The number of hydrogen-bond acceptors (Lipinski definition) is 5. The lowest BCUT2D eigenvalue weighted by Gasteiger charge is -2.08. The molecule has 0 fully saturated rings. The van der Waals surface area contributed by atoms with Crippen molar-refractivity contribution >= 4 is 55.6 Å². The molecule has 6 heteroatoms. The summed E-state index contributed by atoms with van der Waals surface area (Å²) in [5.74, 6) is 1.35. The molecular formula is C50H34N4O2. The van der Waals surface area contributed by atoms with E-state index in [0.29, 0.717) is 23.8 Å². The van der Waals surface area contributed by atoms with Crippen LogP contribution in [0.1, 0.15) is 23.6 Å². The Labute approximate surface area is 323 Å². The number of nitrogens with zero attached hydrogens (tertiary/aromatic N) is 4. The number of benzene rings is 7. The number of rotatable bonds is 7. The van der Waals surface area contributed by atoms with E-state index >= 15 is 0 Å². The zero-order valence-corrected chi connectivity index (χ0v) is 30.6. The molecule has 56 heavy (non-hydrogen) atoms. The van der Waals surface area contributed by atoms with Gasteiger partial charge in [0.15, 0.2) is 17.2 Å². The lowest BCUT2D eigenvalue weighted by atomic mass is 10.0. The Hall–Kier alpha value is -7.44. The minimum absolute atomic E-state index is 0.540. The number of fused-ring (bicyclic) bond motifs is 6. The van der Waals surface area contributed by atoms with Gasteiger partial charge in [-0.05, 0) is 53.9 Å². The second kappa shape index (κ2) is 14.1. The molecule has 10 aromatic rings. The normalized spacial score (nSPS) is 12.3. The molecule has 0 amide bonds. The van der Waals surface area contributed by atoms with Crippen LogP contribution in [0.15, 0.2) is 195 Å². The molecule has 0 aliphatic heterocycles. The smallest absolute Gasteiger partial charge is 0.180 e. The van der Waals surface area contributed by atoms with Gasteiger partial charge in [0.25, 0.3) is 0 Å². The molecule has 3 heterocycles. The molecule has 7 aromatic carbocycles. The fourth-order valence-corrected chi connectivity index (χ4v) is 7.33. The van der Waals surface area contributed by atoms with Crippen molar-refractivity contribution in [1.82, 2.24) is 9.97 Å². The first-order chi connectivity index (χ1) is 27.7. The Morgan fingerprint density at radius 2 is 1.18 bits per heavy atom. The Bertz CT molecular complexity index is 3090. The van der Waals surface area contributed by atoms with Gasteiger partial charge in [-0.25, -0.2) is 15.0 Å². The summed E-state index contributed by atoms with van der Waals surface area (Å²) < 4.78 is 13.0. The van der Waals surface area contributed by atoms with Crippen LogP contribution in [0.4, 0.5) is 0 Å². The average Bonchev–Trinajstić information content (AvgIpc) is 3.84. The SMILES string of the molecule is CC(=NC(=NCc1ccccc1)c1ccccc1)c1cccc2c1oc1cc(-c3ccc(-c4nc(-c5ccccc5)nc5c4oc4ccccc45)cc3)ccc12. The van der Waals surface area contributed by atoms with E-state index < -0.39 is 0 Å². The topological polar surface area (TPSA) is 76.8 Å². The van der Waals surface area contributed by atoms with E-state index in [2.05, 4.69) is 72.8 Å². The molecule has 0 radical (unpaired) electrons. The average molecular weight is 723 g/mol. The molecule has 0 unspecified atom stereocenters. The van der Waals surface area contributed by atoms with Crippen molar-refractivity contribution in [2.24, 2.45) is 9.98 Å². The van der Waals surface area contributed by atoms with E-state index in [1.807, 2.05) is 110 Å². The number of furan rings is 2. The van der Waals surface area contributed by atoms with Gasteiger partial charge in [-0.2, -0.15) is 0 Å². The molecule has 10 rings (SSSR count). The predicted molar refractivity (Wildman–Crippen MR) is 228 cm³/mol. The second-order valence-electron chi connectivity index (χ2n) is 13.8. The summed E-state index contributed by atoms with van der Waals surface area (Å²) in [7, 11) is 0. The first kappa shape index (κ1) is 33.2. The lowest BCUT2D eigenvalue weighted by Crippen LogP contribution is -2.04. The number of aromatic nitrogens is 2. The maximum absolute atomic E-state index is 6.66. The van der Waals surface area contributed by atoms with E-state index in [0.717, 1.165) is 88.8 Å². The van der Waals surface area contributed by atoms with E-state index in [1.54, 1.807) is 0 Å². The highest BCUT2D eigenvalue weighted by Gasteiger charge is 2.19. The van der Waals surface area contributed by atoms with Gasteiger partial charge >= 0.3 is 0 Å². The fourth-order valence-electron chi connectivity index (χ4n) is 7.33. The van der Waals surface area contributed by atoms with Crippen LogP contribution >= 0.6 is 0 Å². The third-order valence-corrected chi connectivity index (χ3v) is 10.2. The predicted octanol–water partition coefficient (Wildman–Crippen LogP) is 12.7. The van der Waals surface area contributed by atoms with E-state index in [4.69, 9.17) is 28.8 Å². The van der Waals surface area contributed by atoms with Gasteiger partial charge in [0.1, 0.15) is 28.0 Å². The van der Waals surface area contributed by atoms with E-state index in [1.165, 1.54) is 0 Å². The minimum atomic E-state index is 0.540. The highest BCUT2D eigenvalue weighted by Crippen LogP contribution is 2.38. The van der Waals surface area contributed by atoms with Crippen molar-refractivity contribution in [2.45, 2.75) is 13.5 Å². The highest BCUT2D eigenvalue weighted by atomic mass is 16.3. The molecule has 0 bridgehead atoms. The monoisotopic (exact) mass is 722 g/mol. The van der Waals surface area contributed by atoms with Gasteiger partial charge in [-0.3, -0.25) is 4.99 Å². The molecule has 0 saturated carbocycles. The van der Waals surface area contributed by atoms with E-state index in [9.17, 15) is 0 Å². The van der Waals surface area contributed by atoms with Gasteiger partial charge in [-0.15, -0.1) is 0 Å². The van der Waals surface area contributed by atoms with Crippen LogP contribution in [0.3, 0.4) is 0 Å². The van der Waals surface area contributed by atoms with Crippen molar-refractivity contribution in [3.05, 3.63) is 193 Å². The largest absolute Gasteiger partial charge is 0.455 e. The molecule has 6 nitrogen and oxygen atoms in total. The van der Waals surface area contributed by atoms with Gasteiger partial charge < -0.3 is 8.83 Å². The quantitative estimate of drug-likeness (QED) is 0.121. The maximum Gasteiger partial charge on any atom is 0.180 e. The summed E-state index contributed by atoms with van der Waals surface area (Å²) in [6, 6.07) is 59.6. The molecule has 0 spiro atoms. The maximum atomic E-state index is 6.66. The van der Waals surface area contributed by atoms with E-state index in [-0.39, 0.29) is 0 Å². The molecule has 3 aromatic heterocycles. The Balaban J connectivity index is 1.01. The van der Waals surface area contributed by atoms with Crippen LogP contribution in [0.5, 0.6) is 0 Å². The van der Waals surface area contributed by atoms with Crippen LogP contribution in [0, 0.1) is 0 Å². The number of hydrogen-bond donors (Lipinski definition) is 0. The van der Waals surface area contributed by atoms with Crippen LogP contribution in [0.25, 0.3) is 77.8 Å². The second-order valence-corrected chi connectivity index (χ2v) is 13.8. The zero-order chi connectivity index (χ0) is 37.4.